The van der Waals surface area contributed by atoms with E-state index in [0.717, 1.165) is 43.5 Å². The maximum atomic E-state index is 11.9. The molecule has 1 saturated carbocycles. The van der Waals surface area contributed by atoms with E-state index in [9.17, 15) is 10.2 Å². The van der Waals surface area contributed by atoms with Crippen molar-refractivity contribution >= 4 is 0 Å². The number of phenols is 1. The van der Waals surface area contributed by atoms with E-state index in [0.29, 0.717) is 12.2 Å². The van der Waals surface area contributed by atoms with Gasteiger partial charge in [0.2, 0.25) is 0 Å². The number of rotatable bonds is 2. The monoisotopic (exact) mass is 325 g/mol. The van der Waals surface area contributed by atoms with E-state index in [2.05, 4.69) is 18.1 Å². The molecule has 0 amide bonds. The zero-order valence-corrected chi connectivity index (χ0v) is 13.8. The molecule has 2 aliphatic heterocycles. The second-order valence-electron chi connectivity index (χ2n) is 7.75. The summed E-state index contributed by atoms with van der Waals surface area (Å²) < 4.78 is 6.23. The van der Waals surface area contributed by atoms with Crippen molar-refractivity contribution in [3.63, 3.8) is 0 Å². The number of hydrogen-bond donors (Lipinski definition) is 2. The van der Waals surface area contributed by atoms with Crippen molar-refractivity contribution in [3.8, 4) is 11.5 Å². The maximum absolute atomic E-state index is 11.9. The number of ether oxygens (including phenoxy) is 1. The lowest BCUT2D eigenvalue weighted by atomic mass is 9.48. The molecule has 2 N–H and O–H groups in total. The van der Waals surface area contributed by atoms with Gasteiger partial charge in [-0.25, -0.2) is 0 Å². The van der Waals surface area contributed by atoms with Gasteiger partial charge in [-0.1, -0.05) is 18.7 Å². The second kappa shape index (κ2) is 4.44. The lowest BCUT2D eigenvalue weighted by molar-refractivity contribution is -0.171. The Morgan fingerprint density at radius 1 is 1.38 bits per heavy atom. The quantitative estimate of drug-likeness (QED) is 0.819. The van der Waals surface area contributed by atoms with Crippen LogP contribution in [0.1, 0.15) is 30.4 Å². The zero-order chi connectivity index (χ0) is 16.7. The van der Waals surface area contributed by atoms with E-state index in [-0.39, 0.29) is 17.9 Å². The van der Waals surface area contributed by atoms with Crippen LogP contribution in [0.5, 0.6) is 11.5 Å². The van der Waals surface area contributed by atoms with Gasteiger partial charge in [0.1, 0.15) is 6.10 Å². The summed E-state index contributed by atoms with van der Waals surface area (Å²) in [6, 6.07) is 3.79. The first-order valence-electron chi connectivity index (χ1n) is 8.80. The van der Waals surface area contributed by atoms with Gasteiger partial charge in [-0.05, 0) is 42.9 Å². The molecule has 126 valence electrons. The Labute approximate surface area is 142 Å². The number of likely N-dealkylation sites (tertiary alicyclic amines) is 1. The molecule has 0 unspecified atom stereocenters. The maximum Gasteiger partial charge on any atom is 0.166 e. The van der Waals surface area contributed by atoms with Gasteiger partial charge in [0.05, 0.1) is 11.0 Å². The summed E-state index contributed by atoms with van der Waals surface area (Å²) in [4.78, 5) is 2.36. The lowest BCUT2D eigenvalue weighted by Crippen LogP contribution is -2.75. The molecular formula is C20H23NO3. The lowest BCUT2D eigenvalue weighted by Gasteiger charge is -2.63. The third-order valence-corrected chi connectivity index (χ3v) is 6.89. The largest absolute Gasteiger partial charge is 0.504 e. The summed E-state index contributed by atoms with van der Waals surface area (Å²) in [5.41, 5.74) is 1.98. The average Bonchev–Trinajstić information content (AvgIpc) is 2.91. The fraction of sp³-hybridized carbons (Fsp3) is 0.500. The first-order chi connectivity index (χ1) is 11.5. The first-order valence-corrected chi connectivity index (χ1v) is 8.80. The third-order valence-electron chi connectivity index (χ3n) is 6.89. The van der Waals surface area contributed by atoms with E-state index in [1.54, 1.807) is 6.07 Å². The molecule has 2 bridgehead atoms. The minimum atomic E-state index is -0.841. The van der Waals surface area contributed by atoms with Crippen LogP contribution in [0.25, 0.3) is 0 Å². The van der Waals surface area contributed by atoms with Crippen molar-refractivity contribution in [3.05, 3.63) is 48.1 Å². The van der Waals surface area contributed by atoms with Gasteiger partial charge in [-0.2, -0.15) is 0 Å². The van der Waals surface area contributed by atoms with Crippen molar-refractivity contribution in [1.29, 1.82) is 0 Å². The Morgan fingerprint density at radius 3 is 3.00 bits per heavy atom. The Bertz CT molecular complexity index is 772. The van der Waals surface area contributed by atoms with Gasteiger partial charge >= 0.3 is 0 Å². The van der Waals surface area contributed by atoms with Crippen molar-refractivity contribution < 1.29 is 14.9 Å². The molecule has 4 heteroatoms. The smallest absolute Gasteiger partial charge is 0.166 e. The summed E-state index contributed by atoms with van der Waals surface area (Å²) in [5.74, 6) is 0.759. The fourth-order valence-electron chi connectivity index (χ4n) is 5.93. The highest BCUT2D eigenvalue weighted by Crippen LogP contribution is 2.66. The summed E-state index contributed by atoms with van der Waals surface area (Å²) >= 11 is 0. The third kappa shape index (κ3) is 1.39. The number of benzene rings is 1. The summed E-state index contributed by atoms with van der Waals surface area (Å²) in [6.07, 6.45) is 4.78. The number of piperidine rings is 1. The van der Waals surface area contributed by atoms with Crippen LogP contribution in [0.2, 0.25) is 0 Å². The van der Waals surface area contributed by atoms with Crippen LogP contribution in [-0.2, 0) is 11.8 Å². The Balaban J connectivity index is 1.80. The molecule has 24 heavy (non-hydrogen) atoms. The molecule has 1 spiro atoms. The highest BCUT2D eigenvalue weighted by atomic mass is 16.5. The number of nitrogens with zero attached hydrogens (tertiary/aromatic N) is 1. The van der Waals surface area contributed by atoms with Crippen molar-refractivity contribution in [2.24, 2.45) is 0 Å². The van der Waals surface area contributed by atoms with Gasteiger partial charge in [0, 0.05) is 24.7 Å². The Morgan fingerprint density at radius 2 is 2.21 bits per heavy atom. The minimum absolute atomic E-state index is 0.0615. The van der Waals surface area contributed by atoms with E-state index in [1.807, 2.05) is 12.1 Å². The van der Waals surface area contributed by atoms with Crippen LogP contribution in [0.15, 0.2) is 36.9 Å². The van der Waals surface area contributed by atoms with Crippen LogP contribution in [-0.4, -0.2) is 45.9 Å². The standard InChI is InChI=1S/C20H23NO3/c1-3-9-21-10-8-19-16-13-4-5-14(22)17(16)24-18(19)12(2)6-7-20(19,23)15(21)11-13/h3-5,15,18,22-23H,1-2,6-11H2/t15-,18+,19+,20-/m0/s1. The van der Waals surface area contributed by atoms with E-state index < -0.39 is 11.0 Å². The molecule has 2 fully saturated rings. The highest BCUT2D eigenvalue weighted by Gasteiger charge is 2.71. The number of phenolic OH excluding ortho intramolecular Hbond substituents is 1. The van der Waals surface area contributed by atoms with Crippen molar-refractivity contribution in [2.75, 3.05) is 13.1 Å². The summed E-state index contributed by atoms with van der Waals surface area (Å²) in [5, 5.41) is 22.3. The summed E-state index contributed by atoms with van der Waals surface area (Å²) in [7, 11) is 0. The Kier molecular flexibility index (Phi) is 2.69. The van der Waals surface area contributed by atoms with Gasteiger partial charge < -0.3 is 14.9 Å². The van der Waals surface area contributed by atoms with E-state index in [4.69, 9.17) is 4.74 Å². The van der Waals surface area contributed by atoms with Crippen LogP contribution < -0.4 is 4.74 Å². The molecule has 1 aromatic rings. The molecule has 1 saturated heterocycles. The van der Waals surface area contributed by atoms with Crippen LogP contribution in [0, 0.1) is 0 Å². The molecule has 4 atom stereocenters. The SMILES string of the molecule is C=CCN1CC[C@@]23c4c5ccc(O)c4O[C@@H]2C(=C)CC[C@]3(O)[C@@H]1C5. The number of aliphatic hydroxyl groups is 1. The van der Waals surface area contributed by atoms with E-state index in [1.165, 1.54) is 5.56 Å². The van der Waals surface area contributed by atoms with E-state index >= 15 is 0 Å². The van der Waals surface area contributed by atoms with Crippen LogP contribution in [0.3, 0.4) is 0 Å². The second-order valence-corrected chi connectivity index (χ2v) is 7.75. The molecule has 0 aromatic heterocycles. The Hall–Kier alpha value is -1.78. The summed E-state index contributed by atoms with van der Waals surface area (Å²) in [6.45, 7) is 9.81. The van der Waals surface area contributed by atoms with Crippen molar-refractivity contribution in [2.45, 2.75) is 48.8 Å². The highest BCUT2D eigenvalue weighted by molar-refractivity contribution is 5.63. The number of aromatic hydroxyl groups is 1. The van der Waals surface area contributed by atoms with Gasteiger partial charge in [0.15, 0.2) is 11.5 Å². The average molecular weight is 325 g/mol. The molecule has 4 nitrogen and oxygen atoms in total. The topological polar surface area (TPSA) is 52.9 Å². The van der Waals surface area contributed by atoms with Crippen LogP contribution in [0.4, 0.5) is 0 Å². The van der Waals surface area contributed by atoms with Gasteiger partial charge in [0.25, 0.3) is 0 Å². The minimum Gasteiger partial charge on any atom is -0.504 e. The predicted octanol–water partition coefficient (Wildman–Crippen LogP) is 2.29. The molecular weight excluding hydrogens is 302 g/mol. The fourth-order valence-corrected chi connectivity index (χ4v) is 5.93. The molecule has 4 aliphatic rings. The van der Waals surface area contributed by atoms with Gasteiger partial charge in [-0.3, -0.25) is 4.90 Å². The normalized spacial score (nSPS) is 39.3. The molecule has 1 aromatic carbocycles. The number of hydrogen-bond acceptors (Lipinski definition) is 4. The zero-order valence-electron chi connectivity index (χ0n) is 13.8. The molecule has 0 radical (unpaired) electrons. The predicted molar refractivity (Wildman–Crippen MR) is 91.4 cm³/mol. The van der Waals surface area contributed by atoms with Crippen molar-refractivity contribution in [1.82, 2.24) is 4.90 Å². The molecule has 2 heterocycles. The van der Waals surface area contributed by atoms with Crippen LogP contribution >= 0.6 is 0 Å². The van der Waals surface area contributed by atoms with Gasteiger partial charge in [-0.15, -0.1) is 6.58 Å². The molecule has 5 rings (SSSR count). The first kappa shape index (κ1) is 14.6. The molecule has 2 aliphatic carbocycles.